The van der Waals surface area contributed by atoms with Crippen molar-refractivity contribution in [2.45, 2.75) is 26.3 Å². The number of hydrogen-bond donors (Lipinski definition) is 1. The zero-order valence-corrected chi connectivity index (χ0v) is 8.67. The summed E-state index contributed by atoms with van der Waals surface area (Å²) < 4.78 is 0. The quantitative estimate of drug-likeness (QED) is 0.366. The van der Waals surface area contributed by atoms with Crippen molar-refractivity contribution in [1.82, 2.24) is 10.2 Å². The molecule has 1 unspecified atom stereocenters. The Morgan fingerprint density at radius 2 is 2.25 bits per heavy atom. The second-order valence-electron chi connectivity index (χ2n) is 3.08. The molecular formula is C9H21N3. The summed E-state index contributed by atoms with van der Waals surface area (Å²) in [5.74, 6) is 0. The summed E-state index contributed by atoms with van der Waals surface area (Å²) in [6.45, 7) is 6.50. The Hall–Kier alpha value is -0.570. The summed E-state index contributed by atoms with van der Waals surface area (Å²) >= 11 is 0. The topological polar surface area (TPSA) is 27.6 Å². The molecule has 12 heavy (non-hydrogen) atoms. The standard InChI is InChI=1S/C9H21N3/c1-5-9(2)12(4)7-6-11-8-10-3/h8-9H,5-7H2,1-4H3,(H,10,11). The van der Waals surface area contributed by atoms with Crippen LogP contribution in [0.3, 0.4) is 0 Å². The van der Waals surface area contributed by atoms with Gasteiger partial charge in [-0.25, -0.2) is 0 Å². The van der Waals surface area contributed by atoms with Gasteiger partial charge in [0.05, 0.1) is 6.34 Å². The molecule has 1 atom stereocenters. The molecule has 0 heterocycles. The van der Waals surface area contributed by atoms with Crippen molar-refractivity contribution in [1.29, 1.82) is 0 Å². The van der Waals surface area contributed by atoms with E-state index >= 15 is 0 Å². The Morgan fingerprint density at radius 3 is 2.75 bits per heavy atom. The van der Waals surface area contributed by atoms with Crippen molar-refractivity contribution in [2.24, 2.45) is 4.99 Å². The molecule has 0 aromatic heterocycles. The molecule has 0 radical (unpaired) electrons. The van der Waals surface area contributed by atoms with Crippen LogP contribution in [0.2, 0.25) is 0 Å². The van der Waals surface area contributed by atoms with Crippen molar-refractivity contribution < 1.29 is 0 Å². The average molecular weight is 171 g/mol. The van der Waals surface area contributed by atoms with Crippen LogP contribution in [0.15, 0.2) is 4.99 Å². The Labute approximate surface area is 75.9 Å². The number of nitrogens with one attached hydrogen (secondary N) is 1. The van der Waals surface area contributed by atoms with Crippen LogP contribution in [-0.4, -0.2) is 44.5 Å². The molecule has 0 saturated carbocycles. The molecule has 72 valence electrons. The minimum atomic E-state index is 0.672. The van der Waals surface area contributed by atoms with E-state index in [9.17, 15) is 0 Å². The minimum Gasteiger partial charge on any atom is -0.375 e. The molecule has 0 aliphatic heterocycles. The molecule has 0 bridgehead atoms. The van der Waals surface area contributed by atoms with E-state index in [4.69, 9.17) is 0 Å². The summed E-state index contributed by atoms with van der Waals surface area (Å²) in [5, 5.41) is 3.11. The fourth-order valence-corrected chi connectivity index (χ4v) is 0.929. The number of likely N-dealkylation sites (N-methyl/N-ethyl adjacent to an activating group) is 1. The largest absolute Gasteiger partial charge is 0.375 e. The van der Waals surface area contributed by atoms with Gasteiger partial charge in [0.2, 0.25) is 0 Å². The van der Waals surface area contributed by atoms with Crippen LogP contribution in [0.1, 0.15) is 20.3 Å². The van der Waals surface area contributed by atoms with Crippen molar-refractivity contribution >= 4 is 6.34 Å². The molecule has 0 amide bonds. The molecular weight excluding hydrogens is 150 g/mol. The molecule has 0 fully saturated rings. The third-order valence-corrected chi connectivity index (χ3v) is 2.17. The Bertz CT molecular complexity index is 123. The predicted molar refractivity (Wildman–Crippen MR) is 54.8 cm³/mol. The zero-order valence-electron chi connectivity index (χ0n) is 8.67. The summed E-state index contributed by atoms with van der Waals surface area (Å²) in [7, 11) is 3.92. The monoisotopic (exact) mass is 171 g/mol. The Morgan fingerprint density at radius 1 is 1.58 bits per heavy atom. The van der Waals surface area contributed by atoms with Crippen LogP contribution in [-0.2, 0) is 0 Å². The fourth-order valence-electron chi connectivity index (χ4n) is 0.929. The van der Waals surface area contributed by atoms with Crippen LogP contribution in [0.4, 0.5) is 0 Å². The summed E-state index contributed by atoms with van der Waals surface area (Å²) in [6, 6.07) is 0.672. The molecule has 3 heteroatoms. The Balaban J connectivity index is 3.36. The highest BCUT2D eigenvalue weighted by Gasteiger charge is 2.04. The van der Waals surface area contributed by atoms with Crippen molar-refractivity contribution in [3.8, 4) is 0 Å². The number of aliphatic imine (C=N–C) groups is 1. The van der Waals surface area contributed by atoms with Gasteiger partial charge in [-0.2, -0.15) is 0 Å². The first-order valence-electron chi connectivity index (χ1n) is 4.56. The maximum Gasteiger partial charge on any atom is 0.0820 e. The van der Waals surface area contributed by atoms with Crippen molar-refractivity contribution in [3.63, 3.8) is 0 Å². The lowest BCUT2D eigenvalue weighted by Crippen LogP contribution is -2.34. The molecule has 0 rings (SSSR count). The van der Waals surface area contributed by atoms with E-state index in [0.717, 1.165) is 13.1 Å². The first kappa shape index (κ1) is 11.4. The average Bonchev–Trinajstić information content (AvgIpc) is 2.10. The lowest BCUT2D eigenvalue weighted by Gasteiger charge is -2.22. The number of hydrogen-bond acceptors (Lipinski definition) is 2. The van der Waals surface area contributed by atoms with E-state index in [-0.39, 0.29) is 0 Å². The molecule has 0 aliphatic rings. The van der Waals surface area contributed by atoms with Gasteiger partial charge in [0.25, 0.3) is 0 Å². The maximum atomic E-state index is 3.84. The molecule has 0 saturated heterocycles. The normalized spacial score (nSPS) is 14.1. The molecule has 0 spiro atoms. The summed E-state index contributed by atoms with van der Waals surface area (Å²) in [6.07, 6.45) is 2.95. The third kappa shape index (κ3) is 5.13. The van der Waals surface area contributed by atoms with E-state index in [1.165, 1.54) is 6.42 Å². The van der Waals surface area contributed by atoms with Crippen LogP contribution in [0, 0.1) is 0 Å². The van der Waals surface area contributed by atoms with E-state index in [0.29, 0.717) is 6.04 Å². The smallest absolute Gasteiger partial charge is 0.0820 e. The lowest BCUT2D eigenvalue weighted by molar-refractivity contribution is 0.256. The van der Waals surface area contributed by atoms with E-state index in [1.54, 1.807) is 13.4 Å². The van der Waals surface area contributed by atoms with Crippen molar-refractivity contribution in [2.75, 3.05) is 27.2 Å². The lowest BCUT2D eigenvalue weighted by atomic mass is 10.2. The first-order valence-corrected chi connectivity index (χ1v) is 4.56. The molecule has 0 aliphatic carbocycles. The van der Waals surface area contributed by atoms with Gasteiger partial charge in [0.1, 0.15) is 0 Å². The third-order valence-electron chi connectivity index (χ3n) is 2.17. The second kappa shape index (κ2) is 7.10. The molecule has 3 nitrogen and oxygen atoms in total. The minimum absolute atomic E-state index is 0.672. The van der Waals surface area contributed by atoms with Crippen LogP contribution in [0.5, 0.6) is 0 Å². The van der Waals surface area contributed by atoms with Gasteiger partial charge >= 0.3 is 0 Å². The maximum absolute atomic E-state index is 3.84. The fraction of sp³-hybridized carbons (Fsp3) is 0.889. The first-order chi connectivity index (χ1) is 5.72. The zero-order chi connectivity index (χ0) is 9.40. The van der Waals surface area contributed by atoms with Gasteiger partial charge in [-0.1, -0.05) is 6.92 Å². The van der Waals surface area contributed by atoms with Gasteiger partial charge in [0.15, 0.2) is 0 Å². The van der Waals surface area contributed by atoms with Crippen LogP contribution < -0.4 is 5.32 Å². The van der Waals surface area contributed by atoms with Gasteiger partial charge in [-0.3, -0.25) is 4.99 Å². The molecule has 0 aromatic carbocycles. The van der Waals surface area contributed by atoms with Gasteiger partial charge in [-0.15, -0.1) is 0 Å². The van der Waals surface area contributed by atoms with Gasteiger partial charge in [0, 0.05) is 26.2 Å². The van der Waals surface area contributed by atoms with Crippen LogP contribution in [0.25, 0.3) is 0 Å². The van der Waals surface area contributed by atoms with Gasteiger partial charge in [-0.05, 0) is 20.4 Å². The molecule has 0 aromatic rings. The highest BCUT2D eigenvalue weighted by Crippen LogP contribution is 1.97. The van der Waals surface area contributed by atoms with E-state index < -0.39 is 0 Å². The number of nitrogens with zero attached hydrogens (tertiary/aromatic N) is 2. The summed E-state index contributed by atoms with van der Waals surface area (Å²) in [4.78, 5) is 6.19. The highest BCUT2D eigenvalue weighted by atomic mass is 15.1. The second-order valence-corrected chi connectivity index (χ2v) is 3.08. The Kier molecular flexibility index (Phi) is 6.76. The number of rotatable bonds is 6. The predicted octanol–water partition coefficient (Wildman–Crippen LogP) is 0.964. The van der Waals surface area contributed by atoms with Crippen molar-refractivity contribution in [3.05, 3.63) is 0 Å². The van der Waals surface area contributed by atoms with Gasteiger partial charge < -0.3 is 10.2 Å². The van der Waals surface area contributed by atoms with E-state index in [2.05, 4.69) is 36.1 Å². The molecule has 1 N–H and O–H groups in total. The van der Waals surface area contributed by atoms with Crippen LogP contribution >= 0.6 is 0 Å². The summed E-state index contributed by atoms with van der Waals surface area (Å²) in [5.41, 5.74) is 0. The van der Waals surface area contributed by atoms with E-state index in [1.807, 2.05) is 0 Å². The SMILES string of the molecule is CCC(C)N(C)CCNC=NC. The highest BCUT2D eigenvalue weighted by molar-refractivity contribution is 5.53.